The van der Waals surface area contributed by atoms with Crippen molar-refractivity contribution in [3.05, 3.63) is 36.9 Å². The van der Waals surface area contributed by atoms with Gasteiger partial charge in [0.1, 0.15) is 6.10 Å². The van der Waals surface area contributed by atoms with Gasteiger partial charge in [-0.25, -0.2) is 10.5 Å². The van der Waals surface area contributed by atoms with Crippen LogP contribution in [0.5, 0.6) is 0 Å². The van der Waals surface area contributed by atoms with Crippen LogP contribution in [0.15, 0.2) is 41.3 Å². The largest absolute Gasteiger partial charge is 0.444 e. The molecule has 3 atom stereocenters. The summed E-state index contributed by atoms with van der Waals surface area (Å²) in [6.45, 7) is 7.55. The van der Waals surface area contributed by atoms with E-state index in [1.807, 2.05) is 45.0 Å². The number of carbonyl (C=O) groups is 2. The summed E-state index contributed by atoms with van der Waals surface area (Å²) in [7, 11) is 0. The van der Waals surface area contributed by atoms with Gasteiger partial charge in [-0.2, -0.15) is 0 Å². The lowest BCUT2D eigenvalue weighted by molar-refractivity contribution is -0.152. The summed E-state index contributed by atoms with van der Waals surface area (Å²) in [5.74, 6) is -1.32. The molecule has 0 aliphatic carbocycles. The molecular weight excluding hydrogens is 400 g/mol. The van der Waals surface area contributed by atoms with E-state index < -0.39 is 17.9 Å². The minimum absolute atomic E-state index is 0.103. The van der Waals surface area contributed by atoms with Crippen LogP contribution in [0.25, 0.3) is 11.3 Å². The summed E-state index contributed by atoms with van der Waals surface area (Å²) in [4.78, 5) is 32.8. The molecule has 0 radical (unpaired) electrons. The first-order chi connectivity index (χ1) is 14.8. The van der Waals surface area contributed by atoms with Crippen LogP contribution in [-0.2, 0) is 9.59 Å². The van der Waals surface area contributed by atoms with Gasteiger partial charge in [0.2, 0.25) is 5.91 Å². The fraction of sp³-hybridized carbons (Fsp3) is 0.500. The molecule has 3 rings (SSSR count). The zero-order valence-corrected chi connectivity index (χ0v) is 18.1. The van der Waals surface area contributed by atoms with E-state index in [1.165, 1.54) is 11.9 Å². The molecule has 9 heteroatoms. The van der Waals surface area contributed by atoms with Gasteiger partial charge in [-0.05, 0) is 43.5 Å². The Hall–Kier alpha value is -2.91. The summed E-state index contributed by atoms with van der Waals surface area (Å²) in [5.41, 5.74) is 3.43. The monoisotopic (exact) mass is 430 g/mol. The van der Waals surface area contributed by atoms with Gasteiger partial charge < -0.3 is 19.3 Å². The molecule has 2 aromatic rings. The molecule has 1 aliphatic rings. The van der Waals surface area contributed by atoms with Gasteiger partial charge in [0.05, 0.1) is 12.1 Å². The molecule has 2 unspecified atom stereocenters. The summed E-state index contributed by atoms with van der Waals surface area (Å²) in [6.07, 6.45) is 1.83. The maximum Gasteiger partial charge on any atom is 0.272 e. The van der Waals surface area contributed by atoms with Gasteiger partial charge in [-0.3, -0.25) is 14.8 Å². The van der Waals surface area contributed by atoms with E-state index in [9.17, 15) is 14.7 Å². The molecule has 2 amide bonds. The molecule has 0 bridgehead atoms. The minimum atomic E-state index is -1.59. The Kier molecular flexibility index (Phi) is 7.29. The fourth-order valence-electron chi connectivity index (χ4n) is 4.05. The normalized spacial score (nSPS) is 18.7. The van der Waals surface area contributed by atoms with Crippen LogP contribution in [-0.4, -0.2) is 63.8 Å². The second-order valence-electron chi connectivity index (χ2n) is 8.40. The number of amides is 2. The molecule has 1 aromatic heterocycles. The fourth-order valence-corrected chi connectivity index (χ4v) is 4.05. The van der Waals surface area contributed by atoms with Crippen LogP contribution in [0.1, 0.15) is 27.2 Å². The average molecular weight is 431 g/mol. The van der Waals surface area contributed by atoms with E-state index in [0.29, 0.717) is 31.8 Å². The Balaban J connectivity index is 1.68. The molecule has 9 nitrogen and oxygen atoms in total. The number of piperazine rings is 1. The summed E-state index contributed by atoms with van der Waals surface area (Å²) >= 11 is 0. The van der Waals surface area contributed by atoms with Crippen molar-refractivity contribution in [3.63, 3.8) is 0 Å². The lowest BCUT2D eigenvalue weighted by Gasteiger charge is -2.42. The van der Waals surface area contributed by atoms with Gasteiger partial charge in [0.15, 0.2) is 12.2 Å². The maximum absolute atomic E-state index is 13.2. The van der Waals surface area contributed by atoms with E-state index in [0.717, 1.165) is 11.3 Å². The van der Waals surface area contributed by atoms with Crippen molar-refractivity contribution >= 4 is 17.5 Å². The predicted octanol–water partition coefficient (Wildman–Crippen LogP) is 1.91. The zero-order chi connectivity index (χ0) is 22.5. The Morgan fingerprint density at radius 3 is 2.52 bits per heavy atom. The number of hydroxylamine groups is 1. The summed E-state index contributed by atoms with van der Waals surface area (Å²) in [5, 5.41) is 19.2. The van der Waals surface area contributed by atoms with Crippen molar-refractivity contribution in [3.8, 4) is 11.3 Å². The molecule has 1 fully saturated rings. The first kappa shape index (κ1) is 22.8. The van der Waals surface area contributed by atoms with Crippen molar-refractivity contribution in [2.45, 2.75) is 39.3 Å². The lowest BCUT2D eigenvalue weighted by atomic mass is 9.89. The molecule has 31 heavy (non-hydrogen) atoms. The quantitative estimate of drug-likeness (QED) is 0.453. The number of aromatic nitrogens is 1. The Labute approximate surface area is 181 Å². The summed E-state index contributed by atoms with van der Waals surface area (Å²) < 4.78 is 5.32. The van der Waals surface area contributed by atoms with E-state index >= 15 is 0 Å². The standard InChI is InChI=1S/C22H30N4O5/c1-14(2)10-18(20(27)21(28)24-30)22(29)26-9-8-25(12-15(26)3)17-6-4-16(5-7-17)19-11-23-13-31-19/h4-7,11,13-15,18,20,27,30H,8-10,12H2,1-3H3,(H,24,28)/t15-,18?,20?/m1/s1. The topological polar surface area (TPSA) is 119 Å². The highest BCUT2D eigenvalue weighted by atomic mass is 16.5. The average Bonchev–Trinajstić information content (AvgIpc) is 3.31. The van der Waals surface area contributed by atoms with Gasteiger partial charge >= 0.3 is 0 Å². The van der Waals surface area contributed by atoms with E-state index in [4.69, 9.17) is 9.62 Å². The van der Waals surface area contributed by atoms with Crippen LogP contribution in [0, 0.1) is 11.8 Å². The van der Waals surface area contributed by atoms with E-state index in [2.05, 4.69) is 9.88 Å². The highest BCUT2D eigenvalue weighted by molar-refractivity contribution is 5.89. The number of nitrogens with zero attached hydrogens (tertiary/aromatic N) is 3. The van der Waals surface area contributed by atoms with Crippen molar-refractivity contribution in [1.82, 2.24) is 15.4 Å². The number of nitrogens with one attached hydrogen (secondary N) is 1. The van der Waals surface area contributed by atoms with E-state index in [1.54, 1.807) is 11.1 Å². The molecule has 0 saturated carbocycles. The number of carbonyl (C=O) groups excluding carboxylic acids is 2. The van der Waals surface area contributed by atoms with Crippen molar-refractivity contribution in [2.75, 3.05) is 24.5 Å². The van der Waals surface area contributed by atoms with E-state index in [-0.39, 0.29) is 17.9 Å². The second kappa shape index (κ2) is 9.93. The highest BCUT2D eigenvalue weighted by Crippen LogP contribution is 2.26. The third-order valence-electron chi connectivity index (χ3n) is 5.66. The number of rotatable bonds is 7. The van der Waals surface area contributed by atoms with Crippen LogP contribution in [0.4, 0.5) is 5.69 Å². The van der Waals surface area contributed by atoms with Gasteiger partial charge in [-0.1, -0.05) is 13.8 Å². The molecule has 0 spiro atoms. The van der Waals surface area contributed by atoms with Crippen LogP contribution in [0.2, 0.25) is 0 Å². The third kappa shape index (κ3) is 5.23. The molecular formula is C22H30N4O5. The number of benzene rings is 1. The number of aliphatic hydroxyl groups is 1. The number of oxazole rings is 1. The minimum Gasteiger partial charge on any atom is -0.444 e. The highest BCUT2D eigenvalue weighted by Gasteiger charge is 2.38. The Morgan fingerprint density at radius 1 is 1.26 bits per heavy atom. The predicted molar refractivity (Wildman–Crippen MR) is 114 cm³/mol. The number of hydrogen-bond acceptors (Lipinski definition) is 7. The first-order valence-corrected chi connectivity index (χ1v) is 10.5. The van der Waals surface area contributed by atoms with Gasteiger partial charge in [-0.15, -0.1) is 0 Å². The number of aliphatic hydroxyl groups excluding tert-OH is 1. The molecule has 1 saturated heterocycles. The third-order valence-corrected chi connectivity index (χ3v) is 5.66. The SMILES string of the molecule is CC(C)CC(C(=O)N1CCN(c2ccc(-c3cnco3)cc2)C[C@H]1C)C(O)C(=O)NO. The van der Waals surface area contributed by atoms with Crippen LogP contribution >= 0.6 is 0 Å². The number of hydrogen-bond donors (Lipinski definition) is 3. The van der Waals surface area contributed by atoms with Crippen LogP contribution < -0.4 is 10.4 Å². The zero-order valence-electron chi connectivity index (χ0n) is 18.1. The van der Waals surface area contributed by atoms with Crippen molar-refractivity contribution in [2.24, 2.45) is 11.8 Å². The lowest BCUT2D eigenvalue weighted by Crippen LogP contribution is -2.57. The van der Waals surface area contributed by atoms with Crippen molar-refractivity contribution in [1.29, 1.82) is 0 Å². The number of anilines is 1. The molecule has 2 heterocycles. The molecule has 1 aromatic carbocycles. The van der Waals surface area contributed by atoms with Gasteiger partial charge in [0.25, 0.3) is 5.91 Å². The van der Waals surface area contributed by atoms with Gasteiger partial charge in [0, 0.05) is 36.9 Å². The first-order valence-electron chi connectivity index (χ1n) is 10.5. The maximum atomic E-state index is 13.2. The van der Waals surface area contributed by atoms with Crippen LogP contribution in [0.3, 0.4) is 0 Å². The molecule has 168 valence electrons. The smallest absolute Gasteiger partial charge is 0.272 e. The Bertz CT molecular complexity index is 869. The van der Waals surface area contributed by atoms with Crippen molar-refractivity contribution < 1.29 is 24.3 Å². The summed E-state index contributed by atoms with van der Waals surface area (Å²) in [6, 6.07) is 7.87. The second-order valence-corrected chi connectivity index (χ2v) is 8.40. The molecule has 3 N–H and O–H groups in total. The Morgan fingerprint density at radius 2 is 1.97 bits per heavy atom. The molecule has 1 aliphatic heterocycles.